The largest absolute Gasteiger partial charge is 0.355 e. The molecule has 128 valence electrons. The summed E-state index contributed by atoms with van der Waals surface area (Å²) >= 11 is 0. The summed E-state index contributed by atoms with van der Waals surface area (Å²) in [5, 5.41) is 10.8. The molecule has 0 fully saturated rings. The molecule has 0 radical (unpaired) electrons. The van der Waals surface area contributed by atoms with Gasteiger partial charge in [0.15, 0.2) is 0 Å². The number of nitrogens with zero attached hydrogens (tertiary/aromatic N) is 2. The second-order valence-electron chi connectivity index (χ2n) is 5.84. The zero-order valence-electron chi connectivity index (χ0n) is 14.2. The number of nitrogens with one attached hydrogen (secondary N) is 2. The first-order valence-electron chi connectivity index (χ1n) is 8.11. The van der Waals surface area contributed by atoms with Gasteiger partial charge in [0, 0.05) is 30.1 Å². The number of anilines is 1. The maximum Gasteiger partial charge on any atom is 0.251 e. The maximum atomic E-state index is 12.2. The number of carbonyl (C=O) groups excluding carboxylic acids is 2. The highest BCUT2D eigenvalue weighted by Crippen LogP contribution is 2.18. The number of benzene rings is 2. The molecule has 2 aromatic carbocycles. The molecule has 0 aliphatic rings. The lowest BCUT2D eigenvalue weighted by molar-refractivity contribution is -0.116. The monoisotopic (exact) mass is 336 g/mol. The zero-order chi connectivity index (χ0) is 17.8. The predicted molar refractivity (Wildman–Crippen MR) is 97.5 cm³/mol. The molecule has 1 heterocycles. The highest BCUT2D eigenvalue weighted by atomic mass is 16.2. The van der Waals surface area contributed by atoms with E-state index in [1.54, 1.807) is 31.3 Å². The molecule has 2 amide bonds. The van der Waals surface area contributed by atoms with Gasteiger partial charge in [-0.25, -0.2) is 0 Å². The lowest BCUT2D eigenvalue weighted by atomic mass is 10.2. The molecule has 6 nitrogen and oxygen atoms in total. The molecule has 3 aromatic rings. The quantitative estimate of drug-likeness (QED) is 0.752. The molecule has 0 atom stereocenters. The number of amides is 2. The van der Waals surface area contributed by atoms with Gasteiger partial charge in [-0.05, 0) is 36.8 Å². The number of hydrogen-bond acceptors (Lipinski definition) is 3. The van der Waals surface area contributed by atoms with E-state index < -0.39 is 0 Å². The van der Waals surface area contributed by atoms with Crippen molar-refractivity contribution >= 4 is 28.4 Å². The zero-order valence-corrected chi connectivity index (χ0v) is 14.2. The average Bonchev–Trinajstić information content (AvgIpc) is 3.04. The Hall–Kier alpha value is -3.15. The van der Waals surface area contributed by atoms with E-state index in [-0.39, 0.29) is 11.8 Å². The van der Waals surface area contributed by atoms with E-state index >= 15 is 0 Å². The summed E-state index contributed by atoms with van der Waals surface area (Å²) in [6.45, 7) is 2.55. The van der Waals surface area contributed by atoms with Crippen molar-refractivity contribution < 1.29 is 9.59 Å². The Labute approximate surface area is 145 Å². The molecule has 0 aliphatic heterocycles. The van der Waals surface area contributed by atoms with Crippen LogP contribution in [0.15, 0.2) is 48.7 Å². The standard InChI is InChI=1S/C19H20N4O2/c1-13-4-3-5-15-12-21-23(18(13)15)11-10-17(24)22-16-8-6-14(7-9-16)19(25)20-2/h3-9,12H,10-11H2,1-2H3,(H,20,25)(H,22,24). The van der Waals surface area contributed by atoms with Crippen LogP contribution in [0.3, 0.4) is 0 Å². The van der Waals surface area contributed by atoms with Crippen LogP contribution in [-0.4, -0.2) is 28.6 Å². The molecular formula is C19H20N4O2. The third kappa shape index (κ3) is 3.68. The molecule has 0 aliphatic carbocycles. The maximum absolute atomic E-state index is 12.2. The van der Waals surface area contributed by atoms with Gasteiger partial charge in [0.2, 0.25) is 5.91 Å². The Balaban J connectivity index is 1.62. The van der Waals surface area contributed by atoms with E-state index in [9.17, 15) is 9.59 Å². The predicted octanol–water partition coefficient (Wildman–Crippen LogP) is 2.73. The van der Waals surface area contributed by atoms with Gasteiger partial charge in [0.25, 0.3) is 5.91 Å². The van der Waals surface area contributed by atoms with Gasteiger partial charge in [0.1, 0.15) is 0 Å². The normalized spacial score (nSPS) is 10.6. The van der Waals surface area contributed by atoms with Gasteiger partial charge in [-0.15, -0.1) is 0 Å². The van der Waals surface area contributed by atoms with Crippen molar-refractivity contribution in [3.63, 3.8) is 0 Å². The Kier molecular flexibility index (Phi) is 4.79. The summed E-state index contributed by atoms with van der Waals surface area (Å²) < 4.78 is 1.86. The van der Waals surface area contributed by atoms with Crippen LogP contribution in [0.4, 0.5) is 5.69 Å². The first-order valence-corrected chi connectivity index (χ1v) is 8.11. The van der Waals surface area contributed by atoms with Crippen LogP contribution in [0.2, 0.25) is 0 Å². The van der Waals surface area contributed by atoms with Gasteiger partial charge < -0.3 is 10.6 Å². The third-order valence-corrected chi connectivity index (χ3v) is 4.07. The first-order chi connectivity index (χ1) is 12.1. The topological polar surface area (TPSA) is 76.0 Å². The molecule has 0 unspecified atom stereocenters. The smallest absolute Gasteiger partial charge is 0.251 e. The number of aryl methyl sites for hydroxylation is 2. The fourth-order valence-electron chi connectivity index (χ4n) is 2.78. The van der Waals surface area contributed by atoms with Gasteiger partial charge in [-0.1, -0.05) is 18.2 Å². The molecule has 2 N–H and O–H groups in total. The van der Waals surface area contributed by atoms with E-state index in [0.717, 1.165) is 16.5 Å². The van der Waals surface area contributed by atoms with E-state index in [2.05, 4.69) is 15.7 Å². The Morgan fingerprint density at radius 3 is 2.60 bits per heavy atom. The number of para-hydroxylation sites is 1. The van der Waals surface area contributed by atoms with Crippen LogP contribution in [-0.2, 0) is 11.3 Å². The number of fused-ring (bicyclic) bond motifs is 1. The highest BCUT2D eigenvalue weighted by Gasteiger charge is 2.09. The number of aromatic nitrogens is 2. The van der Waals surface area contributed by atoms with Crippen molar-refractivity contribution in [3.8, 4) is 0 Å². The molecule has 0 saturated carbocycles. The van der Waals surface area contributed by atoms with Crippen LogP contribution in [0, 0.1) is 6.92 Å². The molecular weight excluding hydrogens is 316 g/mol. The third-order valence-electron chi connectivity index (χ3n) is 4.07. The van der Waals surface area contributed by atoms with Gasteiger partial charge in [-0.3, -0.25) is 14.3 Å². The summed E-state index contributed by atoms with van der Waals surface area (Å²) in [4.78, 5) is 23.7. The van der Waals surface area contributed by atoms with Crippen LogP contribution >= 0.6 is 0 Å². The molecule has 3 rings (SSSR count). The summed E-state index contributed by atoms with van der Waals surface area (Å²) in [6, 6.07) is 12.8. The van der Waals surface area contributed by atoms with Crippen LogP contribution in [0.5, 0.6) is 0 Å². The number of carbonyl (C=O) groups is 2. The lowest BCUT2D eigenvalue weighted by Gasteiger charge is -2.08. The Bertz CT molecular complexity index is 913. The summed E-state index contributed by atoms with van der Waals surface area (Å²) in [5.41, 5.74) is 3.42. The molecule has 0 spiro atoms. The second kappa shape index (κ2) is 7.17. The minimum absolute atomic E-state index is 0.0927. The summed E-state index contributed by atoms with van der Waals surface area (Å²) in [7, 11) is 1.58. The van der Waals surface area contributed by atoms with Crippen LogP contribution in [0.1, 0.15) is 22.3 Å². The van der Waals surface area contributed by atoms with Crippen molar-refractivity contribution in [1.82, 2.24) is 15.1 Å². The van der Waals surface area contributed by atoms with Gasteiger partial charge in [-0.2, -0.15) is 5.10 Å². The van der Waals surface area contributed by atoms with Crippen LogP contribution in [0.25, 0.3) is 10.9 Å². The van der Waals surface area contributed by atoms with Crippen molar-refractivity contribution in [2.45, 2.75) is 19.9 Å². The van der Waals surface area contributed by atoms with Crippen molar-refractivity contribution in [2.24, 2.45) is 0 Å². The minimum atomic E-state index is -0.154. The van der Waals surface area contributed by atoms with E-state index in [1.165, 1.54) is 0 Å². The molecule has 6 heteroatoms. The van der Waals surface area contributed by atoms with E-state index in [0.29, 0.717) is 24.2 Å². The van der Waals surface area contributed by atoms with E-state index in [4.69, 9.17) is 0 Å². The van der Waals surface area contributed by atoms with Crippen molar-refractivity contribution in [2.75, 3.05) is 12.4 Å². The second-order valence-corrected chi connectivity index (χ2v) is 5.84. The Morgan fingerprint density at radius 2 is 1.88 bits per heavy atom. The van der Waals surface area contributed by atoms with E-state index in [1.807, 2.05) is 36.0 Å². The fourth-order valence-corrected chi connectivity index (χ4v) is 2.78. The average molecular weight is 336 g/mol. The van der Waals surface area contributed by atoms with Crippen molar-refractivity contribution in [1.29, 1.82) is 0 Å². The first kappa shape index (κ1) is 16.7. The minimum Gasteiger partial charge on any atom is -0.355 e. The van der Waals surface area contributed by atoms with Crippen LogP contribution < -0.4 is 10.6 Å². The molecule has 0 saturated heterocycles. The summed E-state index contributed by atoms with van der Waals surface area (Å²) in [6.07, 6.45) is 2.14. The molecule has 1 aromatic heterocycles. The summed E-state index contributed by atoms with van der Waals surface area (Å²) in [5.74, 6) is -0.247. The molecule has 0 bridgehead atoms. The highest BCUT2D eigenvalue weighted by molar-refractivity contribution is 5.95. The fraction of sp³-hybridized carbons (Fsp3) is 0.211. The number of rotatable bonds is 5. The SMILES string of the molecule is CNC(=O)c1ccc(NC(=O)CCn2ncc3cccc(C)c32)cc1. The van der Waals surface area contributed by atoms with Gasteiger partial charge >= 0.3 is 0 Å². The van der Waals surface area contributed by atoms with Gasteiger partial charge in [0.05, 0.1) is 18.3 Å². The van der Waals surface area contributed by atoms with Crippen molar-refractivity contribution in [3.05, 3.63) is 59.8 Å². The lowest BCUT2D eigenvalue weighted by Crippen LogP contribution is -2.18. The number of hydrogen-bond donors (Lipinski definition) is 2. The Morgan fingerprint density at radius 1 is 1.12 bits per heavy atom. The molecule has 25 heavy (non-hydrogen) atoms.